The van der Waals surface area contributed by atoms with E-state index in [4.69, 9.17) is 14.2 Å². The number of anilines is 1. The second kappa shape index (κ2) is 13.6. The van der Waals surface area contributed by atoms with Crippen molar-refractivity contribution in [1.82, 2.24) is 4.57 Å². The van der Waals surface area contributed by atoms with Gasteiger partial charge >= 0.3 is 17.9 Å². The Morgan fingerprint density at radius 2 is 1.74 bits per heavy atom. The van der Waals surface area contributed by atoms with Crippen LogP contribution < -0.4 is 10.1 Å². The van der Waals surface area contributed by atoms with Crippen molar-refractivity contribution in [3.63, 3.8) is 0 Å². The van der Waals surface area contributed by atoms with Crippen molar-refractivity contribution < 1.29 is 46.6 Å². The van der Waals surface area contributed by atoms with Gasteiger partial charge in [0.1, 0.15) is 23.1 Å². The van der Waals surface area contributed by atoms with Gasteiger partial charge in [-0.3, -0.25) is 14.4 Å². The molecule has 13 nitrogen and oxygen atoms in total. The van der Waals surface area contributed by atoms with Gasteiger partial charge in [0.25, 0.3) is 5.91 Å². The first-order valence-electron chi connectivity index (χ1n) is 13.1. The van der Waals surface area contributed by atoms with E-state index in [1.54, 1.807) is 13.0 Å². The van der Waals surface area contributed by atoms with Crippen LogP contribution in [0.15, 0.2) is 23.2 Å². The Hall–Kier alpha value is -3.89. The van der Waals surface area contributed by atoms with E-state index in [1.165, 1.54) is 42.3 Å². The zero-order valence-electron chi connectivity index (χ0n) is 23.6. The number of aryl methyl sites for hydroxylation is 1. The Labute approximate surface area is 254 Å². The second-order valence-corrected chi connectivity index (χ2v) is 13.6. The molecule has 0 radical (unpaired) electrons. The van der Waals surface area contributed by atoms with Crippen LogP contribution in [0.5, 0.6) is 0 Å². The van der Waals surface area contributed by atoms with Crippen molar-refractivity contribution in [2.24, 2.45) is 4.99 Å². The average molecular weight is 652 g/mol. The number of nitrogens with one attached hydrogen (secondary N) is 1. The van der Waals surface area contributed by atoms with Crippen LogP contribution >= 0.6 is 22.7 Å². The van der Waals surface area contributed by atoms with Gasteiger partial charge in [0.2, 0.25) is 5.91 Å². The van der Waals surface area contributed by atoms with Gasteiger partial charge in [-0.05, 0) is 56.4 Å². The number of methoxy groups -OCH3 is 2. The summed E-state index contributed by atoms with van der Waals surface area (Å²) in [5, 5.41) is 2.75. The summed E-state index contributed by atoms with van der Waals surface area (Å²) in [6.45, 7) is 1.48. The average Bonchev–Trinajstić information content (AvgIpc) is 3.48. The number of nitrogens with zero attached hydrogens (tertiary/aromatic N) is 2. The number of ether oxygens (including phenoxy) is 3. The number of amides is 2. The van der Waals surface area contributed by atoms with E-state index in [2.05, 4.69) is 10.3 Å². The number of esters is 3. The Bertz CT molecular complexity index is 1780. The summed E-state index contributed by atoms with van der Waals surface area (Å²) in [6, 6.07) is 4.51. The molecule has 3 aromatic rings. The molecule has 1 N–H and O–H groups in total. The van der Waals surface area contributed by atoms with Crippen LogP contribution in [-0.2, 0) is 57.8 Å². The molecule has 0 saturated carbocycles. The van der Waals surface area contributed by atoms with Gasteiger partial charge in [0.05, 0.1) is 42.2 Å². The van der Waals surface area contributed by atoms with Gasteiger partial charge in [-0.15, -0.1) is 11.3 Å². The van der Waals surface area contributed by atoms with E-state index < -0.39 is 51.1 Å². The highest BCUT2D eigenvalue weighted by molar-refractivity contribution is 7.92. The van der Waals surface area contributed by atoms with Crippen LogP contribution in [0.4, 0.5) is 5.00 Å². The maximum Gasteiger partial charge on any atom is 0.341 e. The van der Waals surface area contributed by atoms with Gasteiger partial charge in [-0.25, -0.2) is 18.0 Å². The Morgan fingerprint density at radius 3 is 2.44 bits per heavy atom. The monoisotopic (exact) mass is 651 g/mol. The predicted molar refractivity (Wildman–Crippen MR) is 158 cm³/mol. The first kappa shape index (κ1) is 32.0. The van der Waals surface area contributed by atoms with E-state index in [1.807, 2.05) is 0 Å². The molecule has 43 heavy (non-hydrogen) atoms. The number of carbonyl (C=O) groups excluding carboxylic acids is 5. The normalized spacial score (nSPS) is 13.3. The number of thiazole rings is 1. The van der Waals surface area contributed by atoms with Gasteiger partial charge in [0, 0.05) is 4.88 Å². The lowest BCUT2D eigenvalue weighted by Gasteiger charge is -2.12. The van der Waals surface area contributed by atoms with Crippen molar-refractivity contribution >= 4 is 77.5 Å². The van der Waals surface area contributed by atoms with Crippen LogP contribution in [0.1, 0.15) is 50.9 Å². The topological polar surface area (TPSA) is 176 Å². The summed E-state index contributed by atoms with van der Waals surface area (Å²) >= 11 is 2.17. The molecule has 2 heterocycles. The number of aromatic nitrogens is 1. The Kier molecular flexibility index (Phi) is 10.1. The number of carbonyl (C=O) groups is 5. The standard InChI is InChI=1S/C27H29N3O10S3/c1-4-40-26(35)23-16-7-5-6-8-18(16)41-24(23)28-20(31)13-43(36,37)14-21(32)29-27-30(12-22(33)38-2)17-10-9-15(25(34)39-3)11-19(17)42-27/h9-11H,4-8,12-14H2,1-3H3,(H,28,31). The lowest BCUT2D eigenvalue weighted by atomic mass is 9.95. The molecule has 1 aromatic carbocycles. The van der Waals surface area contributed by atoms with Crippen molar-refractivity contribution in [3.8, 4) is 0 Å². The highest BCUT2D eigenvalue weighted by Crippen LogP contribution is 2.38. The molecule has 4 rings (SSSR count). The molecular formula is C27H29N3O10S3. The van der Waals surface area contributed by atoms with Gasteiger partial charge in [-0.1, -0.05) is 11.3 Å². The molecule has 1 aliphatic carbocycles. The van der Waals surface area contributed by atoms with E-state index in [9.17, 15) is 32.4 Å². The number of benzene rings is 1. The minimum atomic E-state index is -4.28. The summed E-state index contributed by atoms with van der Waals surface area (Å²) in [5.41, 5.74) is 1.73. The molecule has 2 amide bonds. The first-order chi connectivity index (χ1) is 20.5. The van der Waals surface area contributed by atoms with Crippen molar-refractivity contribution in [2.75, 3.05) is 37.6 Å². The van der Waals surface area contributed by atoms with Crippen LogP contribution in [0.2, 0.25) is 0 Å². The Balaban J connectivity index is 1.55. The lowest BCUT2D eigenvalue weighted by molar-refractivity contribution is -0.141. The largest absolute Gasteiger partial charge is 0.468 e. The van der Waals surface area contributed by atoms with Gasteiger partial charge in [0.15, 0.2) is 14.6 Å². The maximum atomic E-state index is 12.8. The fourth-order valence-corrected chi connectivity index (χ4v) is 7.96. The fraction of sp³-hybridized carbons (Fsp3) is 0.407. The zero-order chi connectivity index (χ0) is 31.3. The third-order valence-corrected chi connectivity index (χ3v) is 10.1. The second-order valence-electron chi connectivity index (χ2n) is 9.44. The third kappa shape index (κ3) is 7.55. The molecule has 0 fully saturated rings. The summed E-state index contributed by atoms with van der Waals surface area (Å²) in [4.78, 5) is 67.0. The van der Waals surface area contributed by atoms with Crippen LogP contribution in [0.3, 0.4) is 0 Å². The molecular weight excluding hydrogens is 623 g/mol. The number of hydrogen-bond acceptors (Lipinski definition) is 12. The summed E-state index contributed by atoms with van der Waals surface area (Å²) in [6.07, 6.45) is 3.22. The zero-order valence-corrected chi connectivity index (χ0v) is 26.0. The summed E-state index contributed by atoms with van der Waals surface area (Å²) in [5.74, 6) is -5.89. The molecule has 0 atom stereocenters. The minimum Gasteiger partial charge on any atom is -0.468 e. The lowest BCUT2D eigenvalue weighted by Crippen LogP contribution is -2.29. The molecule has 0 saturated heterocycles. The smallest absolute Gasteiger partial charge is 0.341 e. The number of sulfone groups is 1. The number of thiophene rings is 1. The molecule has 16 heteroatoms. The first-order valence-corrected chi connectivity index (χ1v) is 16.6. The van der Waals surface area contributed by atoms with Crippen molar-refractivity contribution in [1.29, 1.82) is 0 Å². The highest BCUT2D eigenvalue weighted by atomic mass is 32.2. The van der Waals surface area contributed by atoms with E-state index in [0.717, 1.165) is 41.0 Å². The van der Waals surface area contributed by atoms with Crippen LogP contribution in [0.25, 0.3) is 10.2 Å². The summed E-state index contributed by atoms with van der Waals surface area (Å²) < 4.78 is 42.1. The number of hydrogen-bond donors (Lipinski definition) is 1. The van der Waals surface area contributed by atoms with E-state index in [0.29, 0.717) is 16.6 Å². The summed E-state index contributed by atoms with van der Waals surface area (Å²) in [7, 11) is -1.87. The fourth-order valence-electron chi connectivity index (χ4n) is 4.56. The molecule has 2 aromatic heterocycles. The molecule has 0 aliphatic heterocycles. The molecule has 0 unspecified atom stereocenters. The van der Waals surface area contributed by atoms with Crippen molar-refractivity contribution in [2.45, 2.75) is 39.2 Å². The van der Waals surface area contributed by atoms with Gasteiger partial charge in [-0.2, -0.15) is 4.99 Å². The molecule has 0 bridgehead atoms. The minimum absolute atomic E-state index is 0.00434. The highest BCUT2D eigenvalue weighted by Gasteiger charge is 2.29. The predicted octanol–water partition coefficient (Wildman–Crippen LogP) is 2.26. The van der Waals surface area contributed by atoms with Crippen LogP contribution in [-0.4, -0.2) is 75.0 Å². The maximum absolute atomic E-state index is 12.8. The SMILES string of the molecule is CCOC(=O)c1c(NC(=O)CS(=O)(=O)CC(=O)N=c2sc3cc(C(=O)OC)ccc3n2CC(=O)OC)sc2c1CCCC2. The third-order valence-electron chi connectivity index (χ3n) is 6.44. The molecule has 1 aliphatic rings. The Morgan fingerprint density at radius 1 is 1.00 bits per heavy atom. The molecule has 0 spiro atoms. The van der Waals surface area contributed by atoms with Crippen LogP contribution in [0, 0.1) is 0 Å². The van der Waals surface area contributed by atoms with Gasteiger partial charge < -0.3 is 24.1 Å². The molecule has 230 valence electrons. The number of rotatable bonds is 10. The van der Waals surface area contributed by atoms with E-state index >= 15 is 0 Å². The number of fused-ring (bicyclic) bond motifs is 2. The van der Waals surface area contributed by atoms with E-state index in [-0.39, 0.29) is 34.1 Å². The quantitative estimate of drug-likeness (QED) is 0.253. The van der Waals surface area contributed by atoms with Crippen molar-refractivity contribution in [3.05, 3.63) is 44.6 Å².